The number of carbonyl (C=O) groups is 1. The van der Waals surface area contributed by atoms with Gasteiger partial charge in [0, 0.05) is 6.54 Å². The van der Waals surface area contributed by atoms with E-state index in [-0.39, 0.29) is 6.61 Å². The van der Waals surface area contributed by atoms with Gasteiger partial charge in [-0.2, -0.15) is 0 Å². The van der Waals surface area contributed by atoms with Crippen LogP contribution in [0.25, 0.3) is 0 Å². The lowest BCUT2D eigenvalue weighted by Crippen LogP contribution is -2.34. The average molecular weight is 734 g/mol. The molecule has 50 heavy (non-hydrogen) atoms. The van der Waals surface area contributed by atoms with E-state index in [1.165, 1.54) is 0 Å². The van der Waals surface area contributed by atoms with Crippen molar-refractivity contribution in [1.29, 1.82) is 0 Å². The monoisotopic (exact) mass is 733 g/mol. The Kier molecular flexibility index (Phi) is 39.4. The van der Waals surface area contributed by atoms with Crippen LogP contribution in [0.2, 0.25) is 0 Å². The lowest BCUT2D eigenvalue weighted by Gasteiger charge is -2.19. The zero-order valence-electron chi connectivity index (χ0n) is 30.9. The van der Waals surface area contributed by atoms with Crippen molar-refractivity contribution in [2.45, 2.75) is 26.4 Å². The Labute approximate surface area is 299 Å². The van der Waals surface area contributed by atoms with Gasteiger partial charge in [0.2, 0.25) is 0 Å². The van der Waals surface area contributed by atoms with Crippen LogP contribution in [0.1, 0.15) is 20.8 Å². The van der Waals surface area contributed by atoms with Gasteiger partial charge in [0.15, 0.2) is 0 Å². The highest BCUT2D eigenvalue weighted by Crippen LogP contribution is 2.06. The van der Waals surface area contributed by atoms with Crippen LogP contribution in [0.3, 0.4) is 0 Å². The molecule has 0 fully saturated rings. The maximum atomic E-state index is 11.5. The summed E-state index contributed by atoms with van der Waals surface area (Å²) in [5, 5.41) is 11.2. The molecule has 0 saturated carbocycles. The molecule has 0 saturated heterocycles. The summed E-state index contributed by atoms with van der Waals surface area (Å²) in [4.78, 5) is 11.5. The summed E-state index contributed by atoms with van der Waals surface area (Å²) >= 11 is 0. The Morgan fingerprint density at radius 3 is 0.780 bits per heavy atom. The van der Waals surface area contributed by atoms with Gasteiger partial charge in [-0.3, -0.25) is 0 Å². The Hall–Kier alpha value is -1.29. The van der Waals surface area contributed by atoms with Crippen LogP contribution in [-0.4, -0.2) is 202 Å². The molecule has 0 aliphatic carbocycles. The summed E-state index contributed by atoms with van der Waals surface area (Å²) in [5.74, 6) is 0. The SMILES string of the molecule is CC(C)(C)OC(=O)NCCOCCOCCOCCOCCOCCOCCOCCOCCOCCOCCOCCOCCOCCO. The van der Waals surface area contributed by atoms with E-state index >= 15 is 0 Å². The first kappa shape index (κ1) is 48.7. The summed E-state index contributed by atoms with van der Waals surface area (Å²) in [7, 11) is 0. The van der Waals surface area contributed by atoms with Gasteiger partial charge in [-0.05, 0) is 20.8 Å². The third-order valence-electron chi connectivity index (χ3n) is 5.61. The second kappa shape index (κ2) is 40.5. The third kappa shape index (κ3) is 44.7. The van der Waals surface area contributed by atoms with Crippen LogP contribution in [0, 0.1) is 0 Å². The molecule has 0 bridgehead atoms. The fourth-order valence-electron chi connectivity index (χ4n) is 3.35. The minimum atomic E-state index is -0.514. The largest absolute Gasteiger partial charge is 0.444 e. The molecule has 0 aromatic carbocycles. The molecule has 2 N–H and O–H groups in total. The fourth-order valence-corrected chi connectivity index (χ4v) is 3.35. The molecule has 0 unspecified atom stereocenters. The van der Waals surface area contributed by atoms with E-state index in [2.05, 4.69) is 5.32 Å². The Morgan fingerprint density at radius 2 is 0.580 bits per heavy atom. The highest BCUT2D eigenvalue weighted by atomic mass is 16.6. The van der Waals surface area contributed by atoms with E-state index in [0.29, 0.717) is 178 Å². The minimum absolute atomic E-state index is 0.0208. The fraction of sp³-hybridized carbons (Fsp3) is 0.970. The second-order valence-electron chi connectivity index (χ2n) is 11.1. The highest BCUT2D eigenvalue weighted by Gasteiger charge is 2.15. The van der Waals surface area contributed by atoms with Crippen molar-refractivity contribution in [2.75, 3.05) is 185 Å². The zero-order chi connectivity index (χ0) is 36.5. The van der Waals surface area contributed by atoms with E-state index in [1.54, 1.807) is 0 Å². The van der Waals surface area contributed by atoms with Gasteiger partial charge in [0.05, 0.1) is 178 Å². The molecule has 17 heteroatoms. The van der Waals surface area contributed by atoms with Gasteiger partial charge < -0.3 is 76.7 Å². The molecule has 0 aromatic rings. The molecular formula is C33H67NO16. The van der Waals surface area contributed by atoms with Crippen molar-refractivity contribution < 1.29 is 76.2 Å². The Balaban J connectivity index is 3.09. The van der Waals surface area contributed by atoms with Crippen LogP contribution < -0.4 is 5.32 Å². The topological polar surface area (TPSA) is 179 Å². The van der Waals surface area contributed by atoms with Crippen LogP contribution >= 0.6 is 0 Å². The molecule has 0 aromatic heterocycles. The van der Waals surface area contributed by atoms with Crippen molar-refractivity contribution in [3.8, 4) is 0 Å². The summed E-state index contributed by atoms with van der Waals surface area (Å²) in [6, 6.07) is 0. The maximum absolute atomic E-state index is 11.5. The first-order chi connectivity index (χ1) is 24.5. The van der Waals surface area contributed by atoms with E-state index in [0.717, 1.165) is 0 Å². The number of rotatable bonds is 41. The van der Waals surface area contributed by atoms with Crippen LogP contribution in [0.15, 0.2) is 0 Å². The van der Waals surface area contributed by atoms with Gasteiger partial charge in [-0.15, -0.1) is 0 Å². The van der Waals surface area contributed by atoms with Crippen molar-refractivity contribution in [3.05, 3.63) is 0 Å². The van der Waals surface area contributed by atoms with Crippen molar-refractivity contribution >= 4 is 6.09 Å². The number of hydrogen-bond donors (Lipinski definition) is 2. The number of ether oxygens (including phenoxy) is 14. The predicted molar refractivity (Wildman–Crippen MR) is 182 cm³/mol. The smallest absolute Gasteiger partial charge is 0.407 e. The molecule has 0 atom stereocenters. The summed E-state index contributed by atoms with van der Waals surface area (Å²) < 4.78 is 75.5. The van der Waals surface area contributed by atoms with Crippen molar-refractivity contribution in [3.63, 3.8) is 0 Å². The molecule has 0 rings (SSSR count). The van der Waals surface area contributed by atoms with Gasteiger partial charge >= 0.3 is 6.09 Å². The quantitative estimate of drug-likeness (QED) is 0.0840. The molecule has 300 valence electrons. The van der Waals surface area contributed by atoms with Crippen molar-refractivity contribution in [2.24, 2.45) is 0 Å². The molecule has 0 aliphatic heterocycles. The van der Waals surface area contributed by atoms with Crippen LogP contribution in [0.4, 0.5) is 4.79 Å². The standard InChI is InChI=1S/C33H67NO16/c1-33(2,3)50-32(36)34-4-6-37-8-10-39-12-14-41-16-18-43-20-22-45-24-26-47-28-30-49-31-29-48-27-25-46-23-21-44-19-17-42-15-13-40-11-9-38-7-5-35/h35H,4-31H2,1-3H3,(H,34,36). The molecule has 0 heterocycles. The number of nitrogens with one attached hydrogen (secondary N) is 1. The van der Waals surface area contributed by atoms with E-state index in [4.69, 9.17) is 71.4 Å². The maximum Gasteiger partial charge on any atom is 0.407 e. The Bertz CT molecular complexity index is 674. The number of alkyl carbamates (subject to hydrolysis) is 1. The summed E-state index contributed by atoms with van der Waals surface area (Å²) in [6.45, 7) is 18.2. The van der Waals surface area contributed by atoms with Crippen LogP contribution in [0.5, 0.6) is 0 Å². The normalized spacial score (nSPS) is 11.8. The van der Waals surface area contributed by atoms with E-state index in [1.807, 2.05) is 20.8 Å². The number of amides is 1. The first-order valence-electron chi connectivity index (χ1n) is 17.5. The van der Waals surface area contributed by atoms with Crippen molar-refractivity contribution in [1.82, 2.24) is 5.32 Å². The summed E-state index contributed by atoms with van der Waals surface area (Å²) in [6.07, 6.45) is -0.455. The molecule has 17 nitrogen and oxygen atoms in total. The first-order valence-corrected chi connectivity index (χ1v) is 17.5. The van der Waals surface area contributed by atoms with Gasteiger partial charge in [-0.1, -0.05) is 0 Å². The predicted octanol–water partition coefficient (Wildman–Crippen LogP) is 0.719. The van der Waals surface area contributed by atoms with Gasteiger partial charge in [0.1, 0.15) is 5.60 Å². The number of carbonyl (C=O) groups excluding carboxylic acids is 1. The number of aliphatic hydroxyl groups excluding tert-OH is 1. The third-order valence-corrected chi connectivity index (χ3v) is 5.61. The van der Waals surface area contributed by atoms with Gasteiger partial charge in [-0.25, -0.2) is 4.79 Å². The second-order valence-corrected chi connectivity index (χ2v) is 11.1. The highest BCUT2D eigenvalue weighted by molar-refractivity contribution is 5.67. The van der Waals surface area contributed by atoms with Crippen LogP contribution in [-0.2, 0) is 66.3 Å². The van der Waals surface area contributed by atoms with E-state index < -0.39 is 11.7 Å². The molecule has 1 amide bonds. The molecular weight excluding hydrogens is 666 g/mol. The average Bonchev–Trinajstić information content (AvgIpc) is 3.08. The minimum Gasteiger partial charge on any atom is -0.444 e. The summed E-state index contributed by atoms with van der Waals surface area (Å²) in [5.41, 5.74) is -0.514. The Morgan fingerprint density at radius 1 is 0.380 bits per heavy atom. The van der Waals surface area contributed by atoms with Gasteiger partial charge in [0.25, 0.3) is 0 Å². The molecule has 0 radical (unpaired) electrons. The zero-order valence-corrected chi connectivity index (χ0v) is 30.9. The lowest BCUT2D eigenvalue weighted by atomic mass is 10.2. The lowest BCUT2D eigenvalue weighted by molar-refractivity contribution is -0.0292. The number of aliphatic hydroxyl groups is 1. The van der Waals surface area contributed by atoms with E-state index in [9.17, 15) is 4.79 Å². The molecule has 0 aliphatic rings. The molecule has 0 spiro atoms. The number of hydrogen-bond acceptors (Lipinski definition) is 16.